The lowest BCUT2D eigenvalue weighted by molar-refractivity contribution is 0.271. The molecule has 1 aromatic carbocycles. The Morgan fingerprint density at radius 3 is 2.36 bits per heavy atom. The van der Waals surface area contributed by atoms with Crippen LogP contribution in [0.4, 0.5) is 4.39 Å². The minimum atomic E-state index is -3.86. The minimum absolute atomic E-state index is 0.00351. The second-order valence-corrected chi connectivity index (χ2v) is 9.67. The van der Waals surface area contributed by atoms with Crippen molar-refractivity contribution in [3.05, 3.63) is 30.1 Å². The summed E-state index contributed by atoms with van der Waals surface area (Å²) in [6.07, 6.45) is 0.865. The fraction of sp³-hybridized carbons (Fsp3) is 0.571. The van der Waals surface area contributed by atoms with E-state index in [0.29, 0.717) is 12.8 Å². The van der Waals surface area contributed by atoms with Crippen LogP contribution in [0.1, 0.15) is 26.7 Å². The van der Waals surface area contributed by atoms with Gasteiger partial charge in [0.2, 0.25) is 10.0 Å². The van der Waals surface area contributed by atoms with E-state index in [1.54, 1.807) is 6.92 Å². The Kier molecular flexibility index (Phi) is 4.93. The molecule has 1 aromatic rings. The molecule has 0 spiro atoms. The molecule has 0 aliphatic carbocycles. The van der Waals surface area contributed by atoms with E-state index in [1.165, 1.54) is 16.4 Å². The van der Waals surface area contributed by atoms with E-state index >= 15 is 0 Å². The summed E-state index contributed by atoms with van der Waals surface area (Å²) in [6.45, 7) is 3.60. The lowest BCUT2D eigenvalue weighted by Crippen LogP contribution is -2.46. The highest BCUT2D eigenvalue weighted by atomic mass is 32.2. The van der Waals surface area contributed by atoms with Gasteiger partial charge in [0, 0.05) is 12.1 Å². The van der Waals surface area contributed by atoms with E-state index in [2.05, 4.69) is 0 Å². The highest BCUT2D eigenvalue weighted by Crippen LogP contribution is 2.28. The van der Waals surface area contributed by atoms with E-state index in [0.717, 1.165) is 12.1 Å². The molecule has 1 fully saturated rings. The van der Waals surface area contributed by atoms with Gasteiger partial charge in [0.25, 0.3) is 0 Å². The molecule has 8 heteroatoms. The first-order valence-electron chi connectivity index (χ1n) is 7.17. The summed E-state index contributed by atoms with van der Waals surface area (Å²) in [5, 5.41) is 0. The number of halogens is 1. The maximum absolute atomic E-state index is 13.0. The van der Waals surface area contributed by atoms with Crippen molar-refractivity contribution < 1.29 is 21.2 Å². The van der Waals surface area contributed by atoms with E-state index in [9.17, 15) is 21.2 Å². The number of sulfone groups is 1. The van der Waals surface area contributed by atoms with Gasteiger partial charge in [-0.2, -0.15) is 4.31 Å². The Labute approximate surface area is 131 Å². The fourth-order valence-electron chi connectivity index (χ4n) is 2.68. The van der Waals surface area contributed by atoms with Crippen LogP contribution in [0.25, 0.3) is 0 Å². The van der Waals surface area contributed by atoms with Gasteiger partial charge in [0.05, 0.1) is 16.4 Å². The summed E-state index contributed by atoms with van der Waals surface area (Å²) in [4.78, 5) is -0.0153. The van der Waals surface area contributed by atoms with Crippen LogP contribution in [0.15, 0.2) is 29.2 Å². The molecule has 2 atom stereocenters. The van der Waals surface area contributed by atoms with Gasteiger partial charge in [-0.25, -0.2) is 21.2 Å². The number of hydrogen-bond acceptors (Lipinski definition) is 4. The maximum Gasteiger partial charge on any atom is 0.243 e. The van der Waals surface area contributed by atoms with Crippen molar-refractivity contribution in [1.29, 1.82) is 0 Å². The molecule has 0 aromatic heterocycles. The molecule has 1 heterocycles. The first-order valence-corrected chi connectivity index (χ1v) is 10.4. The monoisotopic (exact) mass is 349 g/mol. The molecule has 0 radical (unpaired) electrons. The molecular weight excluding hydrogens is 329 g/mol. The molecule has 0 N–H and O–H groups in total. The minimum Gasteiger partial charge on any atom is -0.229 e. The number of benzene rings is 1. The summed E-state index contributed by atoms with van der Waals surface area (Å²) in [5.74, 6) is -0.668. The first-order chi connectivity index (χ1) is 10.2. The SMILES string of the molecule is CC[C@H](C)N([C@H]1CCS(=O)(=O)C1)S(=O)(=O)c1ccc(F)cc1. The molecule has 5 nitrogen and oxygen atoms in total. The van der Waals surface area contributed by atoms with Crippen LogP contribution >= 0.6 is 0 Å². The zero-order valence-electron chi connectivity index (χ0n) is 12.6. The average Bonchev–Trinajstić information content (AvgIpc) is 2.78. The maximum atomic E-state index is 13.0. The van der Waals surface area contributed by atoms with Crippen molar-refractivity contribution in [3.63, 3.8) is 0 Å². The van der Waals surface area contributed by atoms with E-state index in [-0.39, 0.29) is 22.4 Å². The van der Waals surface area contributed by atoms with Crippen LogP contribution < -0.4 is 0 Å². The zero-order valence-corrected chi connectivity index (χ0v) is 14.2. The van der Waals surface area contributed by atoms with Crippen molar-refractivity contribution in [2.24, 2.45) is 0 Å². The van der Waals surface area contributed by atoms with Crippen LogP contribution in [0.2, 0.25) is 0 Å². The van der Waals surface area contributed by atoms with Crippen LogP contribution in [-0.2, 0) is 19.9 Å². The van der Waals surface area contributed by atoms with Gasteiger partial charge in [-0.3, -0.25) is 0 Å². The highest BCUT2D eigenvalue weighted by Gasteiger charge is 2.40. The van der Waals surface area contributed by atoms with Gasteiger partial charge in [-0.1, -0.05) is 6.92 Å². The summed E-state index contributed by atoms with van der Waals surface area (Å²) >= 11 is 0. The van der Waals surface area contributed by atoms with Crippen LogP contribution in [-0.4, -0.2) is 44.7 Å². The molecule has 0 unspecified atom stereocenters. The molecule has 0 saturated carbocycles. The van der Waals surface area contributed by atoms with Gasteiger partial charge in [0.15, 0.2) is 9.84 Å². The Hall–Kier alpha value is -0.990. The van der Waals surface area contributed by atoms with Crippen LogP contribution in [0, 0.1) is 5.82 Å². The largest absolute Gasteiger partial charge is 0.243 e. The second kappa shape index (κ2) is 6.25. The molecule has 1 aliphatic rings. The van der Waals surface area contributed by atoms with Crippen LogP contribution in [0.3, 0.4) is 0 Å². The normalized spacial score (nSPS) is 22.8. The van der Waals surface area contributed by atoms with Crippen molar-refractivity contribution in [2.45, 2.75) is 43.7 Å². The van der Waals surface area contributed by atoms with E-state index in [4.69, 9.17) is 0 Å². The topological polar surface area (TPSA) is 71.5 Å². The summed E-state index contributed by atoms with van der Waals surface area (Å²) in [7, 11) is -7.06. The van der Waals surface area contributed by atoms with Gasteiger partial charge >= 0.3 is 0 Å². The lowest BCUT2D eigenvalue weighted by atomic mass is 10.2. The zero-order chi connectivity index (χ0) is 16.5. The Balaban J connectivity index is 2.43. The van der Waals surface area contributed by atoms with Gasteiger partial charge in [0.1, 0.15) is 5.82 Å². The molecule has 1 saturated heterocycles. The molecule has 0 amide bonds. The molecule has 0 bridgehead atoms. The molecule has 22 heavy (non-hydrogen) atoms. The number of hydrogen-bond donors (Lipinski definition) is 0. The van der Waals surface area contributed by atoms with Crippen molar-refractivity contribution in [1.82, 2.24) is 4.31 Å². The highest BCUT2D eigenvalue weighted by molar-refractivity contribution is 7.92. The lowest BCUT2D eigenvalue weighted by Gasteiger charge is -2.32. The number of rotatable bonds is 5. The first kappa shape index (κ1) is 17.4. The third kappa shape index (κ3) is 3.49. The van der Waals surface area contributed by atoms with Gasteiger partial charge < -0.3 is 0 Å². The summed E-state index contributed by atoms with van der Waals surface area (Å²) in [6, 6.07) is 3.72. The van der Waals surface area contributed by atoms with Crippen molar-refractivity contribution in [2.75, 3.05) is 11.5 Å². The quantitative estimate of drug-likeness (QED) is 0.813. The average molecular weight is 349 g/mol. The van der Waals surface area contributed by atoms with Crippen molar-refractivity contribution >= 4 is 19.9 Å². The smallest absolute Gasteiger partial charge is 0.229 e. The second-order valence-electron chi connectivity index (χ2n) is 5.60. The Bertz CT molecular complexity index is 729. The summed E-state index contributed by atoms with van der Waals surface area (Å²) < 4.78 is 63.4. The Morgan fingerprint density at radius 2 is 1.91 bits per heavy atom. The molecule has 1 aliphatic heterocycles. The van der Waals surface area contributed by atoms with Crippen LogP contribution in [0.5, 0.6) is 0 Å². The van der Waals surface area contributed by atoms with Gasteiger partial charge in [-0.05, 0) is 44.0 Å². The number of nitrogens with zero attached hydrogens (tertiary/aromatic N) is 1. The molecular formula is C14H20FNO4S2. The predicted molar refractivity (Wildman–Crippen MR) is 82.2 cm³/mol. The van der Waals surface area contributed by atoms with E-state index < -0.39 is 31.7 Å². The van der Waals surface area contributed by atoms with Crippen molar-refractivity contribution in [3.8, 4) is 0 Å². The standard InChI is InChI=1S/C14H20FNO4S2/c1-3-11(2)16(13-8-9-21(17,18)10-13)22(19,20)14-6-4-12(15)5-7-14/h4-7,11,13H,3,8-10H2,1-2H3/t11-,13-/m0/s1. The third-order valence-electron chi connectivity index (χ3n) is 3.98. The molecule has 2 rings (SSSR count). The Morgan fingerprint density at radius 1 is 1.32 bits per heavy atom. The van der Waals surface area contributed by atoms with Gasteiger partial charge in [-0.15, -0.1) is 0 Å². The third-order valence-corrected chi connectivity index (χ3v) is 7.81. The summed E-state index contributed by atoms with van der Waals surface area (Å²) in [5.41, 5.74) is 0. The number of sulfonamides is 1. The predicted octanol–water partition coefficient (Wildman–Crippen LogP) is 1.80. The molecule has 124 valence electrons. The fourth-order valence-corrected chi connectivity index (χ4v) is 6.40. The van der Waals surface area contributed by atoms with E-state index in [1.807, 2.05) is 6.92 Å².